The number of para-hydroxylation sites is 1. The fourth-order valence-electron chi connectivity index (χ4n) is 4.13. The molecule has 4 aromatic rings. The molecule has 1 aliphatic heterocycles. The van der Waals surface area contributed by atoms with Crippen molar-refractivity contribution in [2.75, 3.05) is 31.9 Å². The number of rotatable bonds is 8. The minimum absolute atomic E-state index is 0.0500. The van der Waals surface area contributed by atoms with Crippen molar-refractivity contribution in [3.8, 4) is 11.5 Å². The zero-order chi connectivity index (χ0) is 24.4. The lowest BCUT2D eigenvalue weighted by atomic mass is 10.2. The molecule has 0 bridgehead atoms. The van der Waals surface area contributed by atoms with E-state index in [4.69, 9.17) is 23.6 Å². The van der Waals surface area contributed by atoms with E-state index in [0.29, 0.717) is 46.6 Å². The number of carbonyl (C=O) groups is 1. The highest BCUT2D eigenvalue weighted by atomic mass is 32.2. The number of methoxy groups -OCH3 is 2. The molecule has 2 aromatic heterocycles. The number of nitrogens with one attached hydrogen (secondary N) is 1. The molecule has 1 fully saturated rings. The molecule has 182 valence electrons. The quantitative estimate of drug-likeness (QED) is 0.288. The Morgan fingerprint density at radius 3 is 2.86 bits per heavy atom. The van der Waals surface area contributed by atoms with Gasteiger partial charge in [0.25, 0.3) is 5.56 Å². The monoisotopic (exact) mass is 495 g/mol. The van der Waals surface area contributed by atoms with E-state index in [9.17, 15) is 9.59 Å². The van der Waals surface area contributed by atoms with Crippen molar-refractivity contribution in [1.82, 2.24) is 9.55 Å². The zero-order valence-corrected chi connectivity index (χ0v) is 20.2. The fraction of sp³-hybridized carbons (Fsp3) is 0.320. The van der Waals surface area contributed by atoms with E-state index in [1.54, 1.807) is 29.9 Å². The van der Waals surface area contributed by atoms with Gasteiger partial charge < -0.3 is 23.9 Å². The first-order valence-electron chi connectivity index (χ1n) is 11.3. The van der Waals surface area contributed by atoms with Crippen LogP contribution in [0.1, 0.15) is 12.8 Å². The van der Waals surface area contributed by atoms with Gasteiger partial charge in [-0.1, -0.05) is 23.9 Å². The van der Waals surface area contributed by atoms with Crippen LogP contribution in [0.15, 0.2) is 56.8 Å². The average molecular weight is 496 g/mol. The van der Waals surface area contributed by atoms with Crippen LogP contribution in [0.25, 0.3) is 22.1 Å². The van der Waals surface area contributed by atoms with Gasteiger partial charge in [0, 0.05) is 18.1 Å². The number of carbonyl (C=O) groups excluding carboxylic acids is 1. The summed E-state index contributed by atoms with van der Waals surface area (Å²) >= 11 is 1.20. The maximum Gasteiger partial charge on any atom is 0.297 e. The summed E-state index contributed by atoms with van der Waals surface area (Å²) in [6, 6.07) is 12.6. The van der Waals surface area contributed by atoms with E-state index >= 15 is 0 Å². The first-order chi connectivity index (χ1) is 17.1. The van der Waals surface area contributed by atoms with Gasteiger partial charge in [-0.15, -0.1) is 0 Å². The van der Waals surface area contributed by atoms with Gasteiger partial charge >= 0.3 is 0 Å². The molecule has 1 N–H and O–H groups in total. The molecule has 1 saturated heterocycles. The molecule has 5 rings (SSSR count). The maximum atomic E-state index is 13.4. The Bertz CT molecular complexity index is 1440. The van der Waals surface area contributed by atoms with Crippen molar-refractivity contribution in [3.05, 3.63) is 52.8 Å². The Morgan fingerprint density at radius 1 is 1.23 bits per heavy atom. The second-order valence-electron chi connectivity index (χ2n) is 8.12. The number of furan rings is 1. The van der Waals surface area contributed by atoms with Gasteiger partial charge in [0.2, 0.25) is 11.5 Å². The second kappa shape index (κ2) is 10.0. The van der Waals surface area contributed by atoms with Crippen molar-refractivity contribution in [1.29, 1.82) is 0 Å². The van der Waals surface area contributed by atoms with Gasteiger partial charge in [-0.25, -0.2) is 4.98 Å². The number of benzene rings is 2. The maximum absolute atomic E-state index is 13.4. The van der Waals surface area contributed by atoms with Gasteiger partial charge in [0.1, 0.15) is 22.6 Å². The highest BCUT2D eigenvalue weighted by Crippen LogP contribution is 2.30. The Labute approximate surface area is 205 Å². The highest BCUT2D eigenvalue weighted by Gasteiger charge is 2.23. The van der Waals surface area contributed by atoms with Crippen LogP contribution >= 0.6 is 11.8 Å². The summed E-state index contributed by atoms with van der Waals surface area (Å²) in [6.07, 6.45) is 1.74. The van der Waals surface area contributed by atoms with Crippen LogP contribution in [0.3, 0.4) is 0 Å². The predicted octanol–water partition coefficient (Wildman–Crippen LogP) is 4.07. The number of ether oxygens (including phenoxy) is 3. The van der Waals surface area contributed by atoms with E-state index in [0.717, 1.165) is 18.2 Å². The predicted molar refractivity (Wildman–Crippen MR) is 134 cm³/mol. The van der Waals surface area contributed by atoms with Crippen LogP contribution in [0.4, 0.5) is 5.69 Å². The summed E-state index contributed by atoms with van der Waals surface area (Å²) in [7, 11) is 3.09. The number of fused-ring (bicyclic) bond motifs is 3. The van der Waals surface area contributed by atoms with Crippen LogP contribution < -0.4 is 20.3 Å². The molecule has 0 aliphatic carbocycles. The van der Waals surface area contributed by atoms with Crippen molar-refractivity contribution >= 4 is 45.4 Å². The minimum atomic E-state index is -0.276. The molecule has 2 aromatic carbocycles. The number of amides is 1. The molecule has 1 aliphatic rings. The van der Waals surface area contributed by atoms with E-state index in [1.807, 2.05) is 24.3 Å². The van der Waals surface area contributed by atoms with Crippen molar-refractivity contribution < 1.29 is 23.4 Å². The van der Waals surface area contributed by atoms with Crippen LogP contribution in [0, 0.1) is 0 Å². The third kappa shape index (κ3) is 4.71. The molecule has 1 atom stereocenters. The van der Waals surface area contributed by atoms with E-state index in [2.05, 4.69) is 5.32 Å². The third-order valence-corrected chi connectivity index (χ3v) is 6.85. The van der Waals surface area contributed by atoms with Gasteiger partial charge in [-0.3, -0.25) is 14.2 Å². The average Bonchev–Trinajstić information content (AvgIpc) is 3.53. The number of nitrogens with zero attached hydrogens (tertiary/aromatic N) is 2. The smallest absolute Gasteiger partial charge is 0.297 e. The Balaban J connectivity index is 1.43. The first kappa shape index (κ1) is 23.3. The van der Waals surface area contributed by atoms with Crippen LogP contribution in [-0.2, 0) is 16.1 Å². The van der Waals surface area contributed by atoms with Crippen molar-refractivity contribution in [2.45, 2.75) is 30.6 Å². The second-order valence-corrected chi connectivity index (χ2v) is 9.07. The molecule has 0 unspecified atom stereocenters. The van der Waals surface area contributed by atoms with Crippen molar-refractivity contribution in [2.24, 2.45) is 0 Å². The fourth-order valence-corrected chi connectivity index (χ4v) is 4.94. The standard InChI is InChI=1S/C25H25N3O6S/c1-31-15-9-10-18(20(12-15)32-2)26-21(29)14-35-25-27-22-17-7-3-4-8-19(17)34-23(22)24(30)28(25)13-16-6-5-11-33-16/h3-4,7-10,12,16H,5-6,11,13-14H2,1-2H3,(H,26,29)/t16-/m0/s1. The normalized spacial score (nSPS) is 15.5. The summed E-state index contributed by atoms with van der Waals surface area (Å²) in [5, 5.41) is 4.06. The van der Waals surface area contributed by atoms with Gasteiger partial charge in [-0.2, -0.15) is 0 Å². The number of aromatic nitrogens is 2. The molecule has 3 heterocycles. The van der Waals surface area contributed by atoms with Gasteiger partial charge in [-0.05, 0) is 37.1 Å². The number of thioether (sulfide) groups is 1. The minimum Gasteiger partial charge on any atom is -0.497 e. The van der Waals surface area contributed by atoms with E-state index in [1.165, 1.54) is 18.9 Å². The SMILES string of the molecule is COc1ccc(NC(=O)CSc2nc3c(oc4ccccc43)c(=O)n2C[C@@H]2CCCO2)c(OC)c1. The molecule has 0 radical (unpaired) electrons. The third-order valence-electron chi connectivity index (χ3n) is 5.87. The molecule has 9 nitrogen and oxygen atoms in total. The number of anilines is 1. The van der Waals surface area contributed by atoms with E-state index in [-0.39, 0.29) is 28.9 Å². The zero-order valence-electron chi connectivity index (χ0n) is 19.4. The van der Waals surface area contributed by atoms with Crippen molar-refractivity contribution in [3.63, 3.8) is 0 Å². The van der Waals surface area contributed by atoms with Gasteiger partial charge in [0.05, 0.1) is 38.3 Å². The molecular weight excluding hydrogens is 470 g/mol. The Kier molecular flexibility index (Phi) is 6.65. The lowest BCUT2D eigenvalue weighted by Crippen LogP contribution is -2.29. The summed E-state index contributed by atoms with van der Waals surface area (Å²) in [4.78, 5) is 31.0. The first-order valence-corrected chi connectivity index (χ1v) is 12.2. The summed E-state index contributed by atoms with van der Waals surface area (Å²) in [6.45, 7) is 1.03. The number of hydrogen-bond acceptors (Lipinski definition) is 8. The summed E-state index contributed by atoms with van der Waals surface area (Å²) in [5.41, 5.74) is 1.55. The summed E-state index contributed by atoms with van der Waals surface area (Å²) < 4.78 is 23.7. The molecule has 1 amide bonds. The van der Waals surface area contributed by atoms with Gasteiger partial charge in [0.15, 0.2) is 5.16 Å². The Morgan fingerprint density at radius 2 is 2.09 bits per heavy atom. The van der Waals surface area contributed by atoms with E-state index < -0.39 is 0 Å². The lowest BCUT2D eigenvalue weighted by molar-refractivity contribution is -0.113. The molecule has 10 heteroatoms. The molecule has 35 heavy (non-hydrogen) atoms. The topological polar surface area (TPSA) is 105 Å². The molecule has 0 spiro atoms. The number of hydrogen-bond donors (Lipinski definition) is 1. The largest absolute Gasteiger partial charge is 0.497 e. The summed E-state index contributed by atoms with van der Waals surface area (Å²) in [5.74, 6) is 0.905. The Hall–Kier alpha value is -3.50. The highest BCUT2D eigenvalue weighted by molar-refractivity contribution is 7.99. The van der Waals surface area contributed by atoms with Crippen LogP contribution in [0.2, 0.25) is 0 Å². The molecular formula is C25H25N3O6S. The van der Waals surface area contributed by atoms with Crippen LogP contribution in [0.5, 0.6) is 11.5 Å². The van der Waals surface area contributed by atoms with Crippen LogP contribution in [-0.4, -0.2) is 48.1 Å². The molecule has 0 saturated carbocycles. The lowest BCUT2D eigenvalue weighted by Gasteiger charge is -2.15.